The van der Waals surface area contributed by atoms with Gasteiger partial charge in [-0.1, -0.05) is 89.2 Å². The molecular weight excluding hydrogens is 639 g/mol. The Balaban J connectivity index is 1.13. The third-order valence-corrected chi connectivity index (χ3v) is 12.7. The van der Waals surface area contributed by atoms with Crippen molar-refractivity contribution in [1.29, 1.82) is 0 Å². The second-order valence-corrected chi connectivity index (χ2v) is 20.0. The van der Waals surface area contributed by atoms with Gasteiger partial charge >= 0.3 is 0 Å². The molecular formula is C40H51N7O2Si. The van der Waals surface area contributed by atoms with Gasteiger partial charge in [-0.25, -0.2) is 9.97 Å². The van der Waals surface area contributed by atoms with Crippen LogP contribution in [0.5, 0.6) is 0 Å². The smallest absolute Gasteiger partial charge is 0.245 e. The predicted octanol–water partition coefficient (Wildman–Crippen LogP) is 7.12. The molecule has 0 spiro atoms. The van der Waals surface area contributed by atoms with E-state index in [0.717, 1.165) is 84.4 Å². The summed E-state index contributed by atoms with van der Waals surface area (Å²) in [4.78, 5) is 49.9. The third-order valence-electron chi connectivity index (χ3n) is 10.0. The highest BCUT2D eigenvalue weighted by Crippen LogP contribution is 2.38. The van der Waals surface area contributed by atoms with Gasteiger partial charge in [-0.05, 0) is 67.1 Å². The van der Waals surface area contributed by atoms with Crippen molar-refractivity contribution in [3.05, 3.63) is 95.5 Å². The highest BCUT2D eigenvalue weighted by Gasteiger charge is 2.43. The predicted molar refractivity (Wildman–Crippen MR) is 201 cm³/mol. The SMILES string of the molecule is CCN(CC)C(C(=O)N1CCCC1c1ncc(-c2ccc(C#Cc3cnc(C4C[Si](C)(C)CN4C(=O)CC(C)C)[nH]3)cc2)[nH]1)c1ccccc1. The Morgan fingerprint density at radius 2 is 1.62 bits per heavy atom. The van der Waals surface area contributed by atoms with Crippen LogP contribution in [0.1, 0.15) is 93.6 Å². The molecule has 2 aromatic heterocycles. The quantitative estimate of drug-likeness (QED) is 0.136. The van der Waals surface area contributed by atoms with E-state index in [1.165, 1.54) is 0 Å². The number of carbonyl (C=O) groups excluding carboxylic acids is 2. The zero-order valence-corrected chi connectivity index (χ0v) is 31.4. The molecule has 0 saturated carbocycles. The standard InChI is InChI=1S/C40H51N7O2Si/c1-7-45(8-2)37(31-13-10-9-11-14-31)40(49)46-22-12-15-34(46)38-42-25-33(44-38)30-19-16-29(17-20-30)18-21-32-24-41-39(43-32)35-26-50(5,6)27-47(35)36(48)23-28(3)4/h9-11,13-14,16-17,19-20,24-25,28,34-35,37H,7-8,12,15,22-23,26-27H2,1-6H3,(H,41,43)(H,42,44). The molecule has 50 heavy (non-hydrogen) atoms. The molecule has 2 saturated heterocycles. The van der Waals surface area contributed by atoms with Crippen molar-refractivity contribution in [2.45, 2.75) is 84.2 Å². The molecule has 262 valence electrons. The van der Waals surface area contributed by atoms with Gasteiger partial charge in [0.2, 0.25) is 11.8 Å². The Morgan fingerprint density at radius 3 is 2.32 bits per heavy atom. The van der Waals surface area contributed by atoms with Crippen LogP contribution in [0.2, 0.25) is 19.1 Å². The summed E-state index contributed by atoms with van der Waals surface area (Å²) in [6, 6.07) is 18.9. The van der Waals surface area contributed by atoms with Crippen LogP contribution in [0, 0.1) is 17.8 Å². The zero-order chi connectivity index (χ0) is 35.4. The molecule has 0 bridgehead atoms. The summed E-state index contributed by atoms with van der Waals surface area (Å²) >= 11 is 0. The number of likely N-dealkylation sites (tertiary alicyclic amines) is 1. The van der Waals surface area contributed by atoms with Crippen LogP contribution in [-0.4, -0.2) is 80.3 Å². The third kappa shape index (κ3) is 7.79. The number of carbonyl (C=O) groups is 2. The lowest BCUT2D eigenvalue weighted by Crippen LogP contribution is -2.43. The number of rotatable bonds is 10. The van der Waals surface area contributed by atoms with Gasteiger partial charge in [0.1, 0.15) is 23.4 Å². The molecule has 3 unspecified atom stereocenters. The number of amides is 2. The first-order valence-electron chi connectivity index (χ1n) is 18.2. The van der Waals surface area contributed by atoms with Crippen LogP contribution in [0.4, 0.5) is 0 Å². The Labute approximate surface area is 297 Å². The van der Waals surface area contributed by atoms with Crippen LogP contribution < -0.4 is 0 Å². The summed E-state index contributed by atoms with van der Waals surface area (Å²) < 4.78 is 0. The molecule has 2 N–H and O–H groups in total. The summed E-state index contributed by atoms with van der Waals surface area (Å²) in [5.41, 5.74) is 4.60. The largest absolute Gasteiger partial charge is 0.340 e. The minimum Gasteiger partial charge on any atom is -0.340 e. The highest BCUT2D eigenvalue weighted by atomic mass is 28.3. The molecule has 10 heteroatoms. The molecule has 0 aliphatic carbocycles. The maximum Gasteiger partial charge on any atom is 0.245 e. The number of aromatic amines is 2. The van der Waals surface area contributed by atoms with E-state index in [4.69, 9.17) is 4.98 Å². The van der Waals surface area contributed by atoms with Gasteiger partial charge in [0.25, 0.3) is 0 Å². The van der Waals surface area contributed by atoms with E-state index in [1.807, 2.05) is 53.6 Å². The lowest BCUT2D eigenvalue weighted by Gasteiger charge is -2.34. The number of imidazole rings is 2. The van der Waals surface area contributed by atoms with Crippen LogP contribution in [0.3, 0.4) is 0 Å². The van der Waals surface area contributed by atoms with Crippen LogP contribution in [-0.2, 0) is 9.59 Å². The molecule has 4 aromatic rings. The van der Waals surface area contributed by atoms with E-state index in [1.54, 1.807) is 6.20 Å². The summed E-state index contributed by atoms with van der Waals surface area (Å²) in [5.74, 6) is 8.85. The van der Waals surface area contributed by atoms with Gasteiger partial charge in [-0.15, -0.1) is 0 Å². The normalized spacial score (nSPS) is 19.2. The summed E-state index contributed by atoms with van der Waals surface area (Å²) in [6.07, 6.45) is 6.92. The van der Waals surface area contributed by atoms with Crippen molar-refractivity contribution >= 4 is 19.9 Å². The zero-order valence-electron chi connectivity index (χ0n) is 30.4. The molecule has 2 aliphatic heterocycles. The molecule has 0 radical (unpaired) electrons. The number of H-pyrrole nitrogens is 2. The van der Waals surface area contributed by atoms with E-state index < -0.39 is 8.07 Å². The Kier molecular flexibility index (Phi) is 10.7. The molecule has 3 atom stereocenters. The number of hydrogen-bond donors (Lipinski definition) is 2. The van der Waals surface area contributed by atoms with Gasteiger partial charge in [-0.2, -0.15) is 0 Å². The lowest BCUT2D eigenvalue weighted by molar-refractivity contribution is -0.138. The molecule has 2 aromatic carbocycles. The van der Waals surface area contributed by atoms with Gasteiger partial charge in [0, 0.05) is 24.7 Å². The molecule has 2 aliphatic rings. The van der Waals surface area contributed by atoms with Crippen LogP contribution >= 0.6 is 0 Å². The number of hydrogen-bond acceptors (Lipinski definition) is 5. The van der Waals surface area contributed by atoms with Gasteiger partial charge < -0.3 is 19.8 Å². The Hall–Kier alpha value is -4.46. The monoisotopic (exact) mass is 689 g/mol. The van der Waals surface area contributed by atoms with Crippen molar-refractivity contribution in [3.63, 3.8) is 0 Å². The van der Waals surface area contributed by atoms with Crippen molar-refractivity contribution in [3.8, 4) is 23.1 Å². The number of likely N-dealkylation sites (N-methyl/N-ethyl adjacent to an activating group) is 1. The number of nitrogens with one attached hydrogen (secondary N) is 2. The van der Waals surface area contributed by atoms with Gasteiger partial charge in [-0.3, -0.25) is 14.5 Å². The van der Waals surface area contributed by atoms with E-state index in [2.05, 4.69) is 89.5 Å². The number of benzene rings is 2. The summed E-state index contributed by atoms with van der Waals surface area (Å²) in [7, 11) is -1.52. The van der Waals surface area contributed by atoms with Gasteiger partial charge in [0.15, 0.2) is 0 Å². The molecule has 9 nitrogen and oxygen atoms in total. The molecule has 2 fully saturated rings. The van der Waals surface area contributed by atoms with E-state index in [-0.39, 0.29) is 29.9 Å². The first-order valence-corrected chi connectivity index (χ1v) is 21.6. The average molecular weight is 690 g/mol. The highest BCUT2D eigenvalue weighted by molar-refractivity contribution is 6.78. The van der Waals surface area contributed by atoms with Crippen molar-refractivity contribution in [1.82, 2.24) is 34.6 Å². The van der Waals surface area contributed by atoms with Crippen molar-refractivity contribution in [2.75, 3.05) is 25.8 Å². The van der Waals surface area contributed by atoms with Crippen molar-refractivity contribution < 1.29 is 9.59 Å². The topological polar surface area (TPSA) is 101 Å². The minimum absolute atomic E-state index is 0.000792. The van der Waals surface area contributed by atoms with Crippen molar-refractivity contribution in [2.24, 2.45) is 5.92 Å². The minimum atomic E-state index is -1.52. The second kappa shape index (κ2) is 15.2. The molecule has 2 amide bonds. The Bertz CT molecular complexity index is 1830. The first kappa shape index (κ1) is 35.4. The number of nitrogens with zero attached hydrogens (tertiary/aromatic N) is 5. The van der Waals surface area contributed by atoms with Crippen LogP contribution in [0.25, 0.3) is 11.3 Å². The maximum absolute atomic E-state index is 14.1. The lowest BCUT2D eigenvalue weighted by atomic mass is 10.0. The van der Waals surface area contributed by atoms with E-state index in [0.29, 0.717) is 12.3 Å². The summed E-state index contributed by atoms with van der Waals surface area (Å²) in [6.45, 7) is 15.4. The number of aromatic nitrogens is 4. The van der Waals surface area contributed by atoms with E-state index in [9.17, 15) is 9.59 Å². The fraction of sp³-hybridized carbons (Fsp3) is 0.450. The van der Waals surface area contributed by atoms with E-state index >= 15 is 0 Å². The fourth-order valence-corrected chi connectivity index (χ4v) is 10.5. The maximum atomic E-state index is 14.1. The molecule has 4 heterocycles. The fourth-order valence-electron chi connectivity index (χ4n) is 7.54. The average Bonchev–Trinajstić information content (AvgIpc) is 3.92. The Morgan fingerprint density at radius 1 is 0.920 bits per heavy atom. The van der Waals surface area contributed by atoms with Gasteiger partial charge in [0.05, 0.1) is 38.2 Å². The first-order chi connectivity index (χ1) is 24.1. The molecule has 6 rings (SSSR count). The van der Waals surface area contributed by atoms with Crippen LogP contribution in [0.15, 0.2) is 67.0 Å². The second-order valence-electron chi connectivity index (χ2n) is 14.9. The summed E-state index contributed by atoms with van der Waals surface area (Å²) in [5, 5.41) is 0.